The summed E-state index contributed by atoms with van der Waals surface area (Å²) in [6, 6.07) is 19.6. The molecule has 0 heterocycles. The maximum absolute atomic E-state index is 6.16. The highest BCUT2D eigenvalue weighted by molar-refractivity contribution is 6.69. The quantitative estimate of drug-likeness (QED) is 0.594. The number of hydrogen-bond acceptors (Lipinski definition) is 2. The van der Waals surface area contributed by atoms with Crippen LogP contribution in [0.3, 0.4) is 0 Å². The van der Waals surface area contributed by atoms with Gasteiger partial charge in [-0.25, -0.2) is 0 Å². The van der Waals surface area contributed by atoms with Crippen molar-refractivity contribution in [2.24, 2.45) is 5.10 Å². The lowest BCUT2D eigenvalue weighted by Gasteiger charge is -2.13. The van der Waals surface area contributed by atoms with Gasteiger partial charge < -0.3 is 0 Å². The Morgan fingerprint density at radius 2 is 1.47 bits per heavy atom. The second-order valence-corrected chi connectivity index (χ2v) is 3.97. The first-order valence-electron chi connectivity index (χ1n) is 5.35. The summed E-state index contributed by atoms with van der Waals surface area (Å²) in [4.78, 5) is 0. The molecule has 0 spiro atoms. The first-order chi connectivity index (χ1) is 8.27. The van der Waals surface area contributed by atoms with E-state index >= 15 is 0 Å². The maximum Gasteiger partial charge on any atom is 0.156 e. The molecule has 2 aromatic carbocycles. The molecule has 3 heteroatoms. The molecule has 0 saturated carbocycles. The monoisotopic (exact) mass is 244 g/mol. The van der Waals surface area contributed by atoms with Crippen LogP contribution < -0.4 is 5.01 Å². The van der Waals surface area contributed by atoms with Gasteiger partial charge in [0.2, 0.25) is 0 Å². The third-order valence-electron chi connectivity index (χ3n) is 2.38. The van der Waals surface area contributed by atoms with Gasteiger partial charge in [-0.05, 0) is 12.1 Å². The summed E-state index contributed by atoms with van der Waals surface area (Å²) in [5, 5.41) is 6.58. The molecule has 2 aromatic rings. The summed E-state index contributed by atoms with van der Waals surface area (Å²) in [6.45, 7) is 0. The van der Waals surface area contributed by atoms with E-state index in [4.69, 9.17) is 11.6 Å². The third kappa shape index (κ3) is 3.08. The van der Waals surface area contributed by atoms with E-state index < -0.39 is 0 Å². The molecule has 0 N–H and O–H groups in total. The molecule has 2 rings (SSSR count). The summed E-state index contributed by atoms with van der Waals surface area (Å²) in [7, 11) is 1.88. The average molecular weight is 245 g/mol. The fourth-order valence-corrected chi connectivity index (χ4v) is 1.71. The standard InChI is InChI=1S/C14H13ClN2/c1-17(13-10-6-3-7-11-13)16-14(15)12-8-4-2-5-9-12/h2-11H,1H3/b16-14+. The van der Waals surface area contributed by atoms with Gasteiger partial charge in [-0.1, -0.05) is 60.1 Å². The molecule has 0 radical (unpaired) electrons. The Balaban J connectivity index is 2.20. The molecule has 0 aliphatic carbocycles. The minimum atomic E-state index is 0.483. The van der Waals surface area contributed by atoms with Crippen molar-refractivity contribution in [3.63, 3.8) is 0 Å². The van der Waals surface area contributed by atoms with Gasteiger partial charge in [0.15, 0.2) is 5.17 Å². The molecule has 0 aliphatic heterocycles. The van der Waals surface area contributed by atoms with Gasteiger partial charge in [0.1, 0.15) is 0 Å². The molecule has 0 amide bonds. The van der Waals surface area contributed by atoms with Gasteiger partial charge in [-0.3, -0.25) is 5.01 Å². The van der Waals surface area contributed by atoms with Gasteiger partial charge in [-0.15, -0.1) is 0 Å². The van der Waals surface area contributed by atoms with Crippen LogP contribution in [-0.2, 0) is 0 Å². The zero-order valence-corrected chi connectivity index (χ0v) is 10.3. The van der Waals surface area contributed by atoms with Crippen molar-refractivity contribution in [3.8, 4) is 0 Å². The van der Waals surface area contributed by atoms with Crippen molar-refractivity contribution < 1.29 is 0 Å². The van der Waals surface area contributed by atoms with Gasteiger partial charge in [0.25, 0.3) is 0 Å². The summed E-state index contributed by atoms with van der Waals surface area (Å²) >= 11 is 6.16. The number of para-hydroxylation sites is 1. The highest BCUT2D eigenvalue weighted by Gasteiger charge is 2.02. The van der Waals surface area contributed by atoms with E-state index in [2.05, 4.69) is 5.10 Å². The van der Waals surface area contributed by atoms with Gasteiger partial charge in [0, 0.05) is 12.6 Å². The van der Waals surface area contributed by atoms with Crippen molar-refractivity contribution in [1.29, 1.82) is 0 Å². The molecular formula is C14H13ClN2. The van der Waals surface area contributed by atoms with Crippen molar-refractivity contribution in [2.45, 2.75) is 0 Å². The molecule has 17 heavy (non-hydrogen) atoms. The minimum absolute atomic E-state index is 0.483. The molecule has 86 valence electrons. The first-order valence-corrected chi connectivity index (χ1v) is 5.73. The lowest BCUT2D eigenvalue weighted by molar-refractivity contribution is 1.02. The second kappa shape index (κ2) is 5.51. The molecule has 0 bridgehead atoms. The van der Waals surface area contributed by atoms with E-state index in [1.807, 2.05) is 67.7 Å². The lowest BCUT2D eigenvalue weighted by atomic mass is 10.2. The van der Waals surface area contributed by atoms with Gasteiger partial charge >= 0.3 is 0 Å². The highest BCUT2D eigenvalue weighted by atomic mass is 35.5. The fourth-order valence-electron chi connectivity index (χ4n) is 1.47. The van der Waals surface area contributed by atoms with E-state index in [9.17, 15) is 0 Å². The molecule has 0 saturated heterocycles. The Kier molecular flexibility index (Phi) is 3.78. The van der Waals surface area contributed by atoms with Crippen LogP contribution in [0.25, 0.3) is 0 Å². The zero-order chi connectivity index (χ0) is 12.1. The molecule has 0 unspecified atom stereocenters. The van der Waals surface area contributed by atoms with Crippen LogP contribution in [0.2, 0.25) is 0 Å². The fraction of sp³-hybridized carbons (Fsp3) is 0.0714. The number of hydrazone groups is 1. The van der Waals surface area contributed by atoms with Gasteiger partial charge in [-0.2, -0.15) is 5.10 Å². The topological polar surface area (TPSA) is 15.6 Å². The largest absolute Gasteiger partial charge is 0.267 e. The number of nitrogens with zero attached hydrogens (tertiary/aromatic N) is 2. The van der Waals surface area contributed by atoms with Crippen molar-refractivity contribution in [2.75, 3.05) is 12.1 Å². The summed E-state index contributed by atoms with van der Waals surface area (Å²) in [6.07, 6.45) is 0. The van der Waals surface area contributed by atoms with Crippen LogP contribution in [0.1, 0.15) is 5.56 Å². The number of benzene rings is 2. The van der Waals surface area contributed by atoms with E-state index in [1.165, 1.54) is 0 Å². The Morgan fingerprint density at radius 3 is 2.06 bits per heavy atom. The maximum atomic E-state index is 6.16. The summed E-state index contributed by atoms with van der Waals surface area (Å²) in [5.74, 6) is 0. The first kappa shape index (κ1) is 11.7. The SMILES string of the molecule is CN(/N=C(/Cl)c1ccccc1)c1ccccc1. The van der Waals surface area contributed by atoms with Crippen molar-refractivity contribution >= 4 is 22.5 Å². The number of anilines is 1. The molecule has 0 aliphatic rings. The third-order valence-corrected chi connectivity index (χ3v) is 2.67. The van der Waals surface area contributed by atoms with E-state index in [1.54, 1.807) is 5.01 Å². The van der Waals surface area contributed by atoms with Crippen LogP contribution in [0.15, 0.2) is 65.8 Å². The summed E-state index contributed by atoms with van der Waals surface area (Å²) < 4.78 is 0. The predicted octanol–water partition coefficient (Wildman–Crippen LogP) is 3.72. The average Bonchev–Trinajstić information content (AvgIpc) is 2.40. The number of halogens is 1. The predicted molar refractivity (Wildman–Crippen MR) is 73.7 cm³/mol. The molecule has 0 fully saturated rings. The highest BCUT2D eigenvalue weighted by Crippen LogP contribution is 2.13. The van der Waals surface area contributed by atoms with Crippen LogP contribution in [0.5, 0.6) is 0 Å². The van der Waals surface area contributed by atoms with Crippen LogP contribution in [0, 0.1) is 0 Å². The second-order valence-electron chi connectivity index (χ2n) is 3.62. The molecule has 0 aromatic heterocycles. The van der Waals surface area contributed by atoms with E-state index in [-0.39, 0.29) is 0 Å². The minimum Gasteiger partial charge on any atom is -0.267 e. The number of hydrogen-bond donors (Lipinski definition) is 0. The molecular weight excluding hydrogens is 232 g/mol. The van der Waals surface area contributed by atoms with Crippen molar-refractivity contribution in [3.05, 3.63) is 66.2 Å². The van der Waals surface area contributed by atoms with Crippen molar-refractivity contribution in [1.82, 2.24) is 0 Å². The van der Waals surface area contributed by atoms with E-state index in [0.29, 0.717) is 5.17 Å². The Morgan fingerprint density at radius 1 is 0.941 bits per heavy atom. The Hall–Kier alpha value is -1.80. The van der Waals surface area contributed by atoms with E-state index in [0.717, 1.165) is 11.3 Å². The molecule has 2 nitrogen and oxygen atoms in total. The Bertz CT molecular complexity index is 494. The summed E-state index contributed by atoms with van der Waals surface area (Å²) in [5.41, 5.74) is 1.92. The normalized spacial score (nSPS) is 11.3. The van der Waals surface area contributed by atoms with Crippen LogP contribution in [-0.4, -0.2) is 12.2 Å². The van der Waals surface area contributed by atoms with Crippen LogP contribution >= 0.6 is 11.6 Å². The van der Waals surface area contributed by atoms with Crippen LogP contribution in [0.4, 0.5) is 5.69 Å². The number of rotatable bonds is 3. The lowest BCUT2D eigenvalue weighted by Crippen LogP contribution is -2.11. The molecule has 0 atom stereocenters. The smallest absolute Gasteiger partial charge is 0.156 e. The van der Waals surface area contributed by atoms with Gasteiger partial charge in [0.05, 0.1) is 5.69 Å². The Labute approximate surface area is 106 Å². The zero-order valence-electron chi connectivity index (χ0n) is 9.55.